The third-order valence-electron chi connectivity index (χ3n) is 3.63. The van der Waals surface area contributed by atoms with Gasteiger partial charge in [0.1, 0.15) is 5.75 Å². The van der Waals surface area contributed by atoms with Crippen LogP contribution in [0.1, 0.15) is 10.4 Å². The van der Waals surface area contributed by atoms with E-state index < -0.39 is 15.9 Å². The van der Waals surface area contributed by atoms with Crippen LogP contribution in [0.3, 0.4) is 0 Å². The first kappa shape index (κ1) is 19.1. The summed E-state index contributed by atoms with van der Waals surface area (Å²) < 4.78 is 32.7. The van der Waals surface area contributed by atoms with Crippen molar-refractivity contribution in [2.24, 2.45) is 0 Å². The molecule has 1 aromatic heterocycles. The van der Waals surface area contributed by atoms with Crippen molar-refractivity contribution < 1.29 is 17.9 Å². The first-order valence-electron chi connectivity index (χ1n) is 8.09. The molecule has 1 heterocycles. The van der Waals surface area contributed by atoms with Crippen molar-refractivity contribution in [1.82, 2.24) is 15.4 Å². The van der Waals surface area contributed by atoms with E-state index in [9.17, 15) is 13.2 Å². The molecule has 0 bridgehead atoms. The van der Waals surface area contributed by atoms with Crippen LogP contribution in [-0.2, 0) is 10.0 Å². The van der Waals surface area contributed by atoms with Gasteiger partial charge in [0.25, 0.3) is 15.9 Å². The number of carbonyl (C=O) groups is 1. The number of methoxy groups -OCH3 is 1. The van der Waals surface area contributed by atoms with Crippen molar-refractivity contribution >= 4 is 27.6 Å². The number of amides is 1. The number of aromatic nitrogens is 2. The molecule has 0 spiro atoms. The van der Waals surface area contributed by atoms with Crippen LogP contribution in [0.5, 0.6) is 5.75 Å². The number of rotatable bonds is 7. The van der Waals surface area contributed by atoms with Crippen LogP contribution in [0.25, 0.3) is 0 Å². The van der Waals surface area contributed by atoms with Gasteiger partial charge in [0.15, 0.2) is 0 Å². The molecule has 3 rings (SSSR count). The Morgan fingerprint density at radius 3 is 2.32 bits per heavy atom. The van der Waals surface area contributed by atoms with Gasteiger partial charge in [0, 0.05) is 18.0 Å². The van der Waals surface area contributed by atoms with E-state index in [0.29, 0.717) is 11.4 Å². The van der Waals surface area contributed by atoms with Gasteiger partial charge < -0.3 is 4.74 Å². The molecule has 10 heteroatoms. The van der Waals surface area contributed by atoms with Gasteiger partial charge in [-0.2, -0.15) is 0 Å². The average Bonchev–Trinajstić information content (AvgIpc) is 2.73. The molecule has 0 aliphatic rings. The van der Waals surface area contributed by atoms with E-state index in [1.165, 1.54) is 43.8 Å². The van der Waals surface area contributed by atoms with Gasteiger partial charge in [-0.3, -0.25) is 20.4 Å². The van der Waals surface area contributed by atoms with Crippen LogP contribution in [-0.4, -0.2) is 31.4 Å². The number of hydrogen-bond acceptors (Lipinski definition) is 7. The third-order valence-corrected chi connectivity index (χ3v) is 5.01. The number of benzene rings is 2. The molecule has 144 valence electrons. The van der Waals surface area contributed by atoms with Crippen molar-refractivity contribution in [3.05, 3.63) is 72.6 Å². The zero-order valence-corrected chi connectivity index (χ0v) is 15.6. The Labute approximate surface area is 161 Å². The SMILES string of the molecule is COc1ccccc1NS(=O)(=O)c1ccc(C(=O)NNc2ncccn2)cc1. The largest absolute Gasteiger partial charge is 0.495 e. The maximum Gasteiger partial charge on any atom is 0.269 e. The number of anilines is 2. The zero-order valence-electron chi connectivity index (χ0n) is 14.8. The van der Waals surface area contributed by atoms with Gasteiger partial charge in [-0.15, -0.1) is 0 Å². The minimum atomic E-state index is -3.84. The van der Waals surface area contributed by atoms with Crippen LogP contribution >= 0.6 is 0 Å². The monoisotopic (exact) mass is 399 g/mol. The number of hydrogen-bond donors (Lipinski definition) is 3. The third kappa shape index (κ3) is 4.54. The summed E-state index contributed by atoms with van der Waals surface area (Å²) in [6, 6.07) is 13.8. The standard InChI is InChI=1S/C18H17N5O4S/c1-27-16-6-3-2-5-15(16)23-28(25,26)14-9-7-13(8-10-14)17(24)21-22-18-19-11-4-12-20-18/h2-12,23H,1H3,(H,21,24)(H,19,20,22). The Hall–Kier alpha value is -3.66. The number of hydrazine groups is 1. The summed E-state index contributed by atoms with van der Waals surface area (Å²) in [7, 11) is -2.39. The number of ether oxygens (including phenoxy) is 1. The van der Waals surface area contributed by atoms with Gasteiger partial charge in [-0.1, -0.05) is 12.1 Å². The van der Waals surface area contributed by atoms with Gasteiger partial charge in [-0.25, -0.2) is 18.4 Å². The topological polar surface area (TPSA) is 122 Å². The van der Waals surface area contributed by atoms with Crippen LogP contribution < -0.4 is 20.3 Å². The molecule has 0 saturated carbocycles. The van der Waals surface area contributed by atoms with Crippen molar-refractivity contribution in [3.63, 3.8) is 0 Å². The van der Waals surface area contributed by atoms with Gasteiger partial charge in [-0.05, 0) is 42.5 Å². The van der Waals surface area contributed by atoms with E-state index in [1.54, 1.807) is 30.3 Å². The van der Waals surface area contributed by atoms with E-state index in [0.717, 1.165) is 0 Å². The quantitative estimate of drug-likeness (QED) is 0.520. The normalized spacial score (nSPS) is 10.8. The lowest BCUT2D eigenvalue weighted by molar-refractivity contribution is 0.0962. The van der Waals surface area contributed by atoms with Gasteiger partial charge >= 0.3 is 0 Å². The molecule has 3 aromatic rings. The zero-order chi connectivity index (χ0) is 20.0. The predicted octanol–water partition coefficient (Wildman–Crippen LogP) is 2.04. The second-order valence-electron chi connectivity index (χ2n) is 5.48. The number of nitrogens with one attached hydrogen (secondary N) is 3. The lowest BCUT2D eigenvalue weighted by Crippen LogP contribution is -2.30. The Balaban J connectivity index is 1.69. The number of sulfonamides is 1. The molecule has 0 radical (unpaired) electrons. The predicted molar refractivity (Wildman–Crippen MR) is 103 cm³/mol. The second kappa shape index (κ2) is 8.35. The minimum Gasteiger partial charge on any atom is -0.495 e. The van der Waals surface area contributed by atoms with E-state index >= 15 is 0 Å². The van der Waals surface area contributed by atoms with Crippen molar-refractivity contribution in [2.45, 2.75) is 4.90 Å². The highest BCUT2D eigenvalue weighted by atomic mass is 32.2. The number of para-hydroxylation sites is 2. The fraction of sp³-hybridized carbons (Fsp3) is 0.0556. The van der Waals surface area contributed by atoms with Crippen LogP contribution in [0, 0.1) is 0 Å². The summed E-state index contributed by atoms with van der Waals surface area (Å²) in [4.78, 5) is 20.0. The fourth-order valence-electron chi connectivity index (χ4n) is 2.27. The Kier molecular flexibility index (Phi) is 5.70. The summed E-state index contributed by atoms with van der Waals surface area (Å²) in [5.74, 6) is 0.168. The summed E-state index contributed by atoms with van der Waals surface area (Å²) in [6.45, 7) is 0. The lowest BCUT2D eigenvalue weighted by atomic mass is 10.2. The number of carbonyl (C=O) groups excluding carboxylic acids is 1. The second-order valence-corrected chi connectivity index (χ2v) is 7.16. The molecule has 0 atom stereocenters. The van der Waals surface area contributed by atoms with E-state index in [-0.39, 0.29) is 16.4 Å². The highest BCUT2D eigenvalue weighted by molar-refractivity contribution is 7.92. The lowest BCUT2D eigenvalue weighted by Gasteiger charge is -2.12. The smallest absolute Gasteiger partial charge is 0.269 e. The molecular weight excluding hydrogens is 382 g/mol. The maximum atomic E-state index is 12.6. The van der Waals surface area contributed by atoms with Gasteiger partial charge in [0.2, 0.25) is 5.95 Å². The van der Waals surface area contributed by atoms with E-state index in [1.807, 2.05) is 0 Å². The van der Waals surface area contributed by atoms with Crippen molar-refractivity contribution in [3.8, 4) is 5.75 Å². The van der Waals surface area contributed by atoms with E-state index in [4.69, 9.17) is 4.74 Å². The molecule has 3 N–H and O–H groups in total. The van der Waals surface area contributed by atoms with Crippen LogP contribution in [0.2, 0.25) is 0 Å². The van der Waals surface area contributed by atoms with E-state index in [2.05, 4.69) is 25.5 Å². The highest BCUT2D eigenvalue weighted by Gasteiger charge is 2.17. The molecule has 0 fully saturated rings. The summed E-state index contributed by atoms with van der Waals surface area (Å²) >= 11 is 0. The maximum absolute atomic E-state index is 12.6. The summed E-state index contributed by atoms with van der Waals surface area (Å²) in [6.07, 6.45) is 3.05. The van der Waals surface area contributed by atoms with Gasteiger partial charge in [0.05, 0.1) is 17.7 Å². The molecule has 9 nitrogen and oxygen atoms in total. The van der Waals surface area contributed by atoms with Crippen molar-refractivity contribution in [2.75, 3.05) is 17.3 Å². The molecule has 0 saturated heterocycles. The average molecular weight is 399 g/mol. The molecular formula is C18H17N5O4S. The number of nitrogens with zero attached hydrogens (tertiary/aromatic N) is 2. The van der Waals surface area contributed by atoms with Crippen LogP contribution in [0.15, 0.2) is 71.9 Å². The first-order valence-corrected chi connectivity index (χ1v) is 9.57. The summed E-state index contributed by atoms with van der Waals surface area (Å²) in [5.41, 5.74) is 5.58. The molecule has 0 aliphatic heterocycles. The molecule has 1 amide bonds. The minimum absolute atomic E-state index is 0.00862. The first-order chi connectivity index (χ1) is 13.5. The van der Waals surface area contributed by atoms with Crippen LogP contribution in [0.4, 0.5) is 11.6 Å². The Morgan fingerprint density at radius 2 is 1.64 bits per heavy atom. The molecule has 0 unspecified atom stereocenters. The molecule has 28 heavy (non-hydrogen) atoms. The Morgan fingerprint density at radius 1 is 0.964 bits per heavy atom. The fourth-order valence-corrected chi connectivity index (χ4v) is 3.34. The molecule has 2 aromatic carbocycles. The highest BCUT2D eigenvalue weighted by Crippen LogP contribution is 2.26. The Bertz CT molecular complexity index is 1060. The molecule has 0 aliphatic carbocycles. The van der Waals surface area contributed by atoms with Crippen molar-refractivity contribution in [1.29, 1.82) is 0 Å². The summed E-state index contributed by atoms with van der Waals surface area (Å²) in [5, 5.41) is 0.